The van der Waals surface area contributed by atoms with Crippen molar-refractivity contribution in [1.29, 1.82) is 0 Å². The third-order valence-electron chi connectivity index (χ3n) is 5.08. The quantitative estimate of drug-likeness (QED) is 0.422. The highest BCUT2D eigenvalue weighted by atomic mass is 32.2. The molecule has 180 valence electrons. The molecule has 1 N–H and O–H groups in total. The monoisotopic (exact) mass is 500 g/mol. The number of hydrogen-bond donors (Lipinski definition) is 1. The Kier molecular flexibility index (Phi) is 8.11. The average Bonchev–Trinajstić information content (AvgIpc) is 2.81. The summed E-state index contributed by atoms with van der Waals surface area (Å²) in [4.78, 5) is 14.0. The second-order valence-electron chi connectivity index (χ2n) is 7.65. The first kappa shape index (κ1) is 25.5. The van der Waals surface area contributed by atoms with Gasteiger partial charge in [0.05, 0.1) is 24.8 Å². The van der Waals surface area contributed by atoms with Crippen LogP contribution in [0.1, 0.15) is 11.1 Å². The topological polar surface area (TPSA) is 84.9 Å². The first-order valence-electron chi connectivity index (χ1n) is 10.4. The molecule has 0 atom stereocenters. The molecular weight excluding hydrogens is 472 g/mol. The van der Waals surface area contributed by atoms with Crippen LogP contribution in [-0.2, 0) is 14.8 Å². The second kappa shape index (κ2) is 10.8. The summed E-state index contributed by atoms with van der Waals surface area (Å²) in [6.07, 6.45) is 1.94. The fourth-order valence-corrected chi connectivity index (χ4v) is 5.43. The third kappa shape index (κ3) is 5.84. The maximum absolute atomic E-state index is 13.8. The Morgan fingerprint density at radius 2 is 1.62 bits per heavy atom. The van der Waals surface area contributed by atoms with Gasteiger partial charge in [-0.25, -0.2) is 8.42 Å². The molecule has 7 nitrogen and oxygen atoms in total. The number of nitrogens with one attached hydrogen (secondary N) is 1. The fraction of sp³-hybridized carbons (Fsp3) is 0.240. The molecule has 0 bridgehead atoms. The van der Waals surface area contributed by atoms with Crippen molar-refractivity contribution in [2.75, 3.05) is 36.6 Å². The molecule has 34 heavy (non-hydrogen) atoms. The zero-order chi connectivity index (χ0) is 24.9. The number of thioether (sulfide) groups is 1. The molecule has 3 aromatic rings. The molecule has 0 aliphatic carbocycles. The van der Waals surface area contributed by atoms with Crippen LogP contribution in [0.5, 0.6) is 11.5 Å². The number of rotatable bonds is 9. The van der Waals surface area contributed by atoms with Crippen molar-refractivity contribution in [2.45, 2.75) is 23.6 Å². The number of carbonyl (C=O) groups is 1. The minimum Gasteiger partial charge on any atom is -0.493 e. The van der Waals surface area contributed by atoms with Crippen LogP contribution < -0.4 is 19.1 Å². The predicted octanol–water partition coefficient (Wildman–Crippen LogP) is 4.88. The van der Waals surface area contributed by atoms with Gasteiger partial charge in [-0.05, 0) is 73.7 Å². The zero-order valence-electron chi connectivity index (χ0n) is 19.8. The molecule has 0 aliphatic rings. The molecular formula is C25H28N2O5S2. The van der Waals surface area contributed by atoms with Gasteiger partial charge in [-0.15, -0.1) is 11.8 Å². The van der Waals surface area contributed by atoms with Crippen LogP contribution in [0.2, 0.25) is 0 Å². The van der Waals surface area contributed by atoms with E-state index in [9.17, 15) is 13.2 Å². The lowest BCUT2D eigenvalue weighted by Crippen LogP contribution is -2.38. The van der Waals surface area contributed by atoms with Gasteiger partial charge in [0.25, 0.3) is 10.0 Å². The summed E-state index contributed by atoms with van der Waals surface area (Å²) in [6, 6.07) is 17.2. The van der Waals surface area contributed by atoms with Gasteiger partial charge in [0.15, 0.2) is 11.5 Å². The van der Waals surface area contributed by atoms with E-state index in [4.69, 9.17) is 9.47 Å². The van der Waals surface area contributed by atoms with Crippen molar-refractivity contribution in [2.24, 2.45) is 0 Å². The molecule has 3 aromatic carbocycles. The SMILES string of the molecule is COc1ccc(S(=O)(=O)N(CC(=O)Nc2cccc(SC)c2)c2cc(C)cc(C)c2)cc1OC. The van der Waals surface area contributed by atoms with Crippen molar-refractivity contribution in [1.82, 2.24) is 0 Å². The normalized spacial score (nSPS) is 11.1. The number of hydrogen-bond acceptors (Lipinski definition) is 6. The van der Waals surface area contributed by atoms with Crippen LogP contribution >= 0.6 is 11.8 Å². The van der Waals surface area contributed by atoms with E-state index in [1.807, 2.05) is 44.4 Å². The van der Waals surface area contributed by atoms with Crippen LogP contribution in [0, 0.1) is 13.8 Å². The maximum atomic E-state index is 13.8. The lowest BCUT2D eigenvalue weighted by Gasteiger charge is -2.25. The molecule has 0 aliphatic heterocycles. The van der Waals surface area contributed by atoms with E-state index in [1.165, 1.54) is 32.4 Å². The van der Waals surface area contributed by atoms with Crippen LogP contribution in [0.15, 0.2) is 70.5 Å². The Labute approximate surface area is 205 Å². The van der Waals surface area contributed by atoms with E-state index in [0.29, 0.717) is 17.1 Å². The summed E-state index contributed by atoms with van der Waals surface area (Å²) in [7, 11) is -1.20. The van der Waals surface area contributed by atoms with E-state index in [2.05, 4.69) is 5.32 Å². The molecule has 0 fully saturated rings. The van der Waals surface area contributed by atoms with Gasteiger partial charge in [0.2, 0.25) is 5.91 Å². The summed E-state index contributed by atoms with van der Waals surface area (Å²) in [5, 5.41) is 2.81. The lowest BCUT2D eigenvalue weighted by atomic mass is 10.1. The number of carbonyl (C=O) groups excluding carboxylic acids is 1. The zero-order valence-corrected chi connectivity index (χ0v) is 21.4. The van der Waals surface area contributed by atoms with Crippen LogP contribution in [0.4, 0.5) is 11.4 Å². The first-order chi connectivity index (χ1) is 16.2. The van der Waals surface area contributed by atoms with Gasteiger partial charge in [-0.1, -0.05) is 12.1 Å². The molecule has 0 saturated heterocycles. The molecule has 0 spiro atoms. The van der Waals surface area contributed by atoms with Crippen molar-refractivity contribution >= 4 is 39.1 Å². The number of benzene rings is 3. The number of anilines is 2. The Morgan fingerprint density at radius 1 is 0.941 bits per heavy atom. The highest BCUT2D eigenvalue weighted by Crippen LogP contribution is 2.32. The number of methoxy groups -OCH3 is 2. The minimum absolute atomic E-state index is 0.0125. The van der Waals surface area contributed by atoms with Gasteiger partial charge < -0.3 is 14.8 Å². The number of sulfonamides is 1. The molecule has 3 rings (SSSR count). The summed E-state index contributed by atoms with van der Waals surface area (Å²) in [5.74, 6) is 0.231. The van der Waals surface area contributed by atoms with Crippen molar-refractivity contribution in [3.63, 3.8) is 0 Å². The third-order valence-corrected chi connectivity index (χ3v) is 7.57. The van der Waals surface area contributed by atoms with Gasteiger partial charge in [0, 0.05) is 16.6 Å². The Hall–Kier alpha value is -3.17. The Morgan fingerprint density at radius 3 is 2.24 bits per heavy atom. The molecule has 1 amide bonds. The van der Waals surface area contributed by atoms with Gasteiger partial charge in [-0.3, -0.25) is 9.10 Å². The molecule has 0 aromatic heterocycles. The van der Waals surface area contributed by atoms with E-state index in [0.717, 1.165) is 20.3 Å². The fourth-order valence-electron chi connectivity index (χ4n) is 3.55. The first-order valence-corrected chi connectivity index (χ1v) is 13.1. The smallest absolute Gasteiger partial charge is 0.264 e. The van der Waals surface area contributed by atoms with Crippen LogP contribution in [0.25, 0.3) is 0 Å². The molecule has 0 radical (unpaired) electrons. The number of amides is 1. The summed E-state index contributed by atoms with van der Waals surface area (Å²) < 4.78 is 39.1. The number of nitrogens with zero attached hydrogens (tertiary/aromatic N) is 1. The molecule has 0 heterocycles. The van der Waals surface area contributed by atoms with Crippen LogP contribution in [-0.4, -0.2) is 41.3 Å². The van der Waals surface area contributed by atoms with Gasteiger partial charge >= 0.3 is 0 Å². The van der Waals surface area contributed by atoms with E-state index < -0.39 is 22.5 Å². The summed E-state index contributed by atoms with van der Waals surface area (Å²) >= 11 is 1.55. The Balaban J connectivity index is 2.02. The number of aryl methyl sites for hydroxylation is 2. The summed E-state index contributed by atoms with van der Waals surface area (Å²) in [5.41, 5.74) is 2.77. The highest BCUT2D eigenvalue weighted by molar-refractivity contribution is 7.98. The van der Waals surface area contributed by atoms with Crippen molar-refractivity contribution in [3.8, 4) is 11.5 Å². The van der Waals surface area contributed by atoms with Crippen molar-refractivity contribution in [3.05, 3.63) is 71.8 Å². The Bertz CT molecular complexity index is 1270. The van der Waals surface area contributed by atoms with Crippen molar-refractivity contribution < 1.29 is 22.7 Å². The largest absolute Gasteiger partial charge is 0.493 e. The molecule has 0 saturated carbocycles. The second-order valence-corrected chi connectivity index (χ2v) is 10.4. The van der Waals surface area contributed by atoms with Crippen LogP contribution in [0.3, 0.4) is 0 Å². The molecule has 9 heteroatoms. The van der Waals surface area contributed by atoms with E-state index >= 15 is 0 Å². The van der Waals surface area contributed by atoms with E-state index in [-0.39, 0.29) is 10.6 Å². The maximum Gasteiger partial charge on any atom is 0.264 e. The van der Waals surface area contributed by atoms with Gasteiger partial charge in [0.1, 0.15) is 6.54 Å². The highest BCUT2D eigenvalue weighted by Gasteiger charge is 2.29. The average molecular weight is 501 g/mol. The van der Waals surface area contributed by atoms with Gasteiger partial charge in [-0.2, -0.15) is 0 Å². The van der Waals surface area contributed by atoms with E-state index in [1.54, 1.807) is 30.0 Å². The minimum atomic E-state index is -4.11. The predicted molar refractivity (Wildman–Crippen MR) is 137 cm³/mol. The summed E-state index contributed by atoms with van der Waals surface area (Å²) in [6.45, 7) is 3.36. The lowest BCUT2D eigenvalue weighted by molar-refractivity contribution is -0.114. The molecule has 0 unspecified atom stereocenters. The standard InChI is InChI=1S/C25H28N2O5S2/c1-17-11-18(2)13-20(12-17)27(16-25(28)26-19-7-6-8-21(14-19)33-5)34(29,30)22-9-10-23(31-3)24(15-22)32-4/h6-15H,16H2,1-5H3,(H,26,28). The number of ether oxygens (including phenoxy) is 2.